The zero-order valence-corrected chi connectivity index (χ0v) is 16.4. The van der Waals surface area contributed by atoms with Crippen molar-refractivity contribution in [2.75, 3.05) is 6.61 Å². The first-order chi connectivity index (χ1) is 13.6. The Morgan fingerprint density at radius 1 is 1.21 bits per heavy atom. The Hall–Kier alpha value is -2.99. The highest BCUT2D eigenvalue weighted by Gasteiger charge is 2.37. The molecule has 3 aromatic rings. The normalized spacial score (nSPS) is 18.6. The van der Waals surface area contributed by atoms with E-state index < -0.39 is 5.41 Å². The van der Waals surface area contributed by atoms with Crippen molar-refractivity contribution >= 4 is 17.7 Å². The van der Waals surface area contributed by atoms with Crippen LogP contribution in [0.1, 0.15) is 17.8 Å². The molecule has 5 nitrogen and oxygen atoms in total. The fourth-order valence-electron chi connectivity index (χ4n) is 3.42. The van der Waals surface area contributed by atoms with Crippen molar-refractivity contribution in [1.82, 2.24) is 9.55 Å². The molecule has 0 fully saturated rings. The molecule has 1 aliphatic heterocycles. The molecular formula is C22H21N3O2S. The Morgan fingerprint density at radius 2 is 2.04 bits per heavy atom. The van der Waals surface area contributed by atoms with Crippen LogP contribution in [0.5, 0.6) is 0 Å². The third kappa shape index (κ3) is 3.43. The van der Waals surface area contributed by atoms with Gasteiger partial charge in [0.1, 0.15) is 5.82 Å². The number of nitrogens with zero attached hydrogens (tertiary/aromatic N) is 2. The van der Waals surface area contributed by atoms with Crippen molar-refractivity contribution in [2.45, 2.75) is 28.6 Å². The van der Waals surface area contributed by atoms with Crippen LogP contribution in [0, 0.1) is 6.92 Å². The molecular weight excluding hydrogens is 370 g/mol. The van der Waals surface area contributed by atoms with E-state index in [-0.39, 0.29) is 5.91 Å². The zero-order chi connectivity index (χ0) is 19.6. The van der Waals surface area contributed by atoms with E-state index in [4.69, 9.17) is 10.5 Å². The van der Waals surface area contributed by atoms with Crippen LogP contribution in [0.2, 0.25) is 0 Å². The quantitative estimate of drug-likeness (QED) is 0.714. The van der Waals surface area contributed by atoms with Crippen molar-refractivity contribution in [3.8, 4) is 5.69 Å². The van der Waals surface area contributed by atoms with Crippen LogP contribution in [0.3, 0.4) is 0 Å². The molecule has 0 bridgehead atoms. The van der Waals surface area contributed by atoms with Gasteiger partial charge in [-0.15, -0.1) is 0 Å². The molecule has 0 saturated heterocycles. The highest BCUT2D eigenvalue weighted by atomic mass is 32.2. The molecule has 1 atom stereocenters. The first kappa shape index (κ1) is 18.4. The fourth-order valence-corrected chi connectivity index (χ4v) is 4.30. The summed E-state index contributed by atoms with van der Waals surface area (Å²) >= 11 is 1.65. The molecule has 28 heavy (non-hydrogen) atoms. The van der Waals surface area contributed by atoms with E-state index in [1.165, 1.54) is 0 Å². The van der Waals surface area contributed by atoms with E-state index in [1.54, 1.807) is 30.3 Å². The maximum absolute atomic E-state index is 12.2. The molecule has 1 aliphatic rings. The summed E-state index contributed by atoms with van der Waals surface area (Å²) in [5.41, 5.74) is 6.92. The minimum atomic E-state index is -0.808. The van der Waals surface area contributed by atoms with E-state index in [0.29, 0.717) is 13.0 Å². The van der Waals surface area contributed by atoms with Gasteiger partial charge >= 0.3 is 0 Å². The minimum absolute atomic E-state index is 0.353. The van der Waals surface area contributed by atoms with Gasteiger partial charge in [0.25, 0.3) is 0 Å². The molecule has 1 aromatic heterocycles. The van der Waals surface area contributed by atoms with Crippen molar-refractivity contribution in [3.63, 3.8) is 0 Å². The van der Waals surface area contributed by atoms with Gasteiger partial charge in [-0.3, -0.25) is 4.79 Å². The molecule has 4 rings (SSSR count). The number of rotatable bonds is 5. The highest BCUT2D eigenvalue weighted by Crippen LogP contribution is 2.36. The number of hydrogen-bond acceptors (Lipinski definition) is 4. The molecule has 142 valence electrons. The van der Waals surface area contributed by atoms with E-state index >= 15 is 0 Å². The number of ether oxygens (including phenoxy) is 1. The second kappa shape index (κ2) is 7.56. The molecule has 0 spiro atoms. The predicted octanol–water partition coefficient (Wildman–Crippen LogP) is 3.99. The average Bonchev–Trinajstić information content (AvgIpc) is 3.15. The summed E-state index contributed by atoms with van der Waals surface area (Å²) < 4.78 is 7.32. The van der Waals surface area contributed by atoms with Gasteiger partial charge in [0.15, 0.2) is 0 Å². The molecule has 1 amide bonds. The molecule has 0 saturated carbocycles. The molecule has 0 aliphatic carbocycles. The standard InChI is InChI=1S/C22H21N3O2S/c1-16-24-11-12-25(16)18-5-7-19(8-6-18)28-20-4-2-3-17(15-20)22(21(23)26)9-13-27-14-10-22/h2-9,11-13,15H,10,14H2,1H3,(H2,23,26). The lowest BCUT2D eigenvalue weighted by Crippen LogP contribution is -2.41. The summed E-state index contributed by atoms with van der Waals surface area (Å²) in [4.78, 5) is 18.7. The number of primary amides is 1. The molecule has 1 unspecified atom stereocenters. The third-order valence-electron chi connectivity index (χ3n) is 5.03. The van der Waals surface area contributed by atoms with Crippen molar-refractivity contribution in [3.05, 3.63) is 84.7 Å². The summed E-state index contributed by atoms with van der Waals surface area (Å²) in [6.45, 7) is 2.46. The number of nitrogens with two attached hydrogens (primary N) is 1. The van der Waals surface area contributed by atoms with Crippen LogP contribution in [0.15, 0.2) is 83.1 Å². The molecule has 2 aromatic carbocycles. The lowest BCUT2D eigenvalue weighted by atomic mass is 9.76. The van der Waals surface area contributed by atoms with Gasteiger partial charge in [0.2, 0.25) is 5.91 Å². The summed E-state index contributed by atoms with van der Waals surface area (Å²) in [5, 5.41) is 0. The van der Waals surface area contributed by atoms with Crippen LogP contribution in [-0.4, -0.2) is 22.1 Å². The Labute approximate surface area is 168 Å². The van der Waals surface area contributed by atoms with Crippen LogP contribution in [-0.2, 0) is 14.9 Å². The summed E-state index contributed by atoms with van der Waals surface area (Å²) in [6, 6.07) is 16.3. The number of imidazole rings is 1. The molecule has 2 N–H and O–H groups in total. The average molecular weight is 391 g/mol. The van der Waals surface area contributed by atoms with E-state index in [9.17, 15) is 4.79 Å². The van der Waals surface area contributed by atoms with Crippen LogP contribution in [0.4, 0.5) is 0 Å². The fraction of sp³-hybridized carbons (Fsp3) is 0.182. The number of aryl methyl sites for hydroxylation is 1. The van der Waals surface area contributed by atoms with Gasteiger partial charge in [-0.25, -0.2) is 4.98 Å². The van der Waals surface area contributed by atoms with Gasteiger partial charge in [0, 0.05) is 34.3 Å². The summed E-state index contributed by atoms with van der Waals surface area (Å²) in [5.74, 6) is 0.601. The smallest absolute Gasteiger partial charge is 0.232 e. The van der Waals surface area contributed by atoms with Gasteiger partial charge in [-0.1, -0.05) is 23.9 Å². The van der Waals surface area contributed by atoms with Crippen LogP contribution >= 0.6 is 11.8 Å². The van der Waals surface area contributed by atoms with Crippen molar-refractivity contribution < 1.29 is 9.53 Å². The maximum atomic E-state index is 12.2. The number of benzene rings is 2. The first-order valence-corrected chi connectivity index (χ1v) is 9.88. The van der Waals surface area contributed by atoms with Gasteiger partial charge in [-0.05, 0) is 55.0 Å². The van der Waals surface area contributed by atoms with Gasteiger partial charge in [0.05, 0.1) is 18.3 Å². The minimum Gasteiger partial charge on any atom is -0.501 e. The summed E-state index contributed by atoms with van der Waals surface area (Å²) in [7, 11) is 0. The van der Waals surface area contributed by atoms with Crippen LogP contribution in [0.25, 0.3) is 5.69 Å². The Kier molecular flexibility index (Phi) is 4.96. The Morgan fingerprint density at radius 3 is 2.68 bits per heavy atom. The first-order valence-electron chi connectivity index (χ1n) is 9.06. The Bertz CT molecular complexity index is 1030. The third-order valence-corrected chi connectivity index (χ3v) is 6.03. The van der Waals surface area contributed by atoms with Crippen molar-refractivity contribution in [1.29, 1.82) is 0 Å². The molecule has 6 heteroatoms. The summed E-state index contributed by atoms with van der Waals surface area (Å²) in [6.07, 6.45) is 7.64. The number of hydrogen-bond donors (Lipinski definition) is 1. The molecule has 2 heterocycles. The second-order valence-corrected chi connectivity index (χ2v) is 7.87. The highest BCUT2D eigenvalue weighted by molar-refractivity contribution is 7.99. The second-order valence-electron chi connectivity index (χ2n) is 6.73. The molecule has 0 radical (unpaired) electrons. The number of carbonyl (C=O) groups is 1. The lowest BCUT2D eigenvalue weighted by Gasteiger charge is -2.30. The largest absolute Gasteiger partial charge is 0.501 e. The van der Waals surface area contributed by atoms with Gasteiger partial charge < -0.3 is 15.0 Å². The van der Waals surface area contributed by atoms with Gasteiger partial charge in [-0.2, -0.15) is 0 Å². The number of carbonyl (C=O) groups excluding carboxylic acids is 1. The number of amides is 1. The van der Waals surface area contributed by atoms with E-state index in [2.05, 4.69) is 29.2 Å². The zero-order valence-electron chi connectivity index (χ0n) is 15.5. The number of aromatic nitrogens is 2. The maximum Gasteiger partial charge on any atom is 0.232 e. The van der Waals surface area contributed by atoms with E-state index in [0.717, 1.165) is 26.9 Å². The Balaban J connectivity index is 1.59. The van der Waals surface area contributed by atoms with Crippen LogP contribution < -0.4 is 5.73 Å². The SMILES string of the molecule is Cc1nccn1-c1ccc(Sc2cccc(C3(C(N)=O)C=COCC3)c2)cc1. The topological polar surface area (TPSA) is 70.1 Å². The van der Waals surface area contributed by atoms with Crippen molar-refractivity contribution in [2.24, 2.45) is 5.73 Å². The predicted molar refractivity (Wildman–Crippen MR) is 109 cm³/mol. The lowest BCUT2D eigenvalue weighted by molar-refractivity contribution is -0.122. The monoisotopic (exact) mass is 391 g/mol. The van der Waals surface area contributed by atoms with E-state index in [1.807, 2.05) is 42.0 Å².